The summed E-state index contributed by atoms with van der Waals surface area (Å²) >= 11 is 1.70. The number of piperidine rings is 1. The van der Waals surface area contributed by atoms with Gasteiger partial charge >= 0.3 is 0 Å². The third-order valence-corrected chi connectivity index (χ3v) is 3.59. The number of thiophene rings is 1. The van der Waals surface area contributed by atoms with E-state index in [2.05, 4.69) is 28.8 Å². The molecule has 1 N–H and O–H groups in total. The van der Waals surface area contributed by atoms with Gasteiger partial charge in [-0.1, -0.05) is 0 Å². The van der Waals surface area contributed by atoms with Crippen molar-refractivity contribution in [1.29, 1.82) is 0 Å². The Kier molecular flexibility index (Phi) is 2.91. The van der Waals surface area contributed by atoms with Gasteiger partial charge in [-0.2, -0.15) is 11.3 Å². The molecule has 0 saturated carbocycles. The monoisotopic (exact) mass is 211 g/mol. The van der Waals surface area contributed by atoms with Crippen LogP contribution in [0.25, 0.3) is 0 Å². The van der Waals surface area contributed by atoms with Crippen LogP contribution in [-0.4, -0.2) is 35.7 Å². The highest BCUT2D eigenvalue weighted by Gasteiger charge is 2.31. The molecule has 2 rings (SSSR count). The molecular weight excluding hydrogens is 194 g/mol. The van der Waals surface area contributed by atoms with Crippen LogP contribution in [0, 0.1) is 0 Å². The third-order valence-electron chi connectivity index (χ3n) is 2.86. The van der Waals surface area contributed by atoms with Gasteiger partial charge in [0.25, 0.3) is 0 Å². The fourth-order valence-corrected chi connectivity index (χ4v) is 2.92. The molecule has 1 aromatic rings. The van der Waals surface area contributed by atoms with Crippen LogP contribution in [0.2, 0.25) is 0 Å². The summed E-state index contributed by atoms with van der Waals surface area (Å²) in [6.45, 7) is 1.93. The highest BCUT2D eigenvalue weighted by molar-refractivity contribution is 7.07. The molecule has 1 unspecified atom stereocenters. The molecule has 2 heterocycles. The zero-order valence-corrected chi connectivity index (χ0v) is 9.39. The first-order valence-electron chi connectivity index (χ1n) is 5.10. The predicted molar refractivity (Wildman–Crippen MR) is 59.7 cm³/mol. The number of hydrogen-bond donors (Lipinski definition) is 1. The highest BCUT2D eigenvalue weighted by atomic mass is 32.1. The molecule has 1 saturated heterocycles. The van der Waals surface area contributed by atoms with E-state index in [0.717, 1.165) is 32.4 Å². The van der Waals surface area contributed by atoms with Gasteiger partial charge in [0.15, 0.2) is 0 Å². The van der Waals surface area contributed by atoms with Gasteiger partial charge in [0, 0.05) is 13.0 Å². The number of hydrogen-bond acceptors (Lipinski definition) is 3. The summed E-state index contributed by atoms with van der Waals surface area (Å²) in [5.41, 5.74) is 0.779. The topological polar surface area (TPSA) is 23.5 Å². The van der Waals surface area contributed by atoms with Crippen molar-refractivity contribution in [3.8, 4) is 0 Å². The fourth-order valence-electron chi connectivity index (χ4n) is 2.26. The maximum absolute atomic E-state index is 10.4. The van der Waals surface area contributed by atoms with E-state index in [-0.39, 0.29) is 0 Å². The molecule has 1 aliphatic rings. The molecular formula is C11H17NOS. The zero-order valence-electron chi connectivity index (χ0n) is 8.57. The Morgan fingerprint density at radius 3 is 3.14 bits per heavy atom. The Bertz CT molecular complexity index is 285. The van der Waals surface area contributed by atoms with Crippen molar-refractivity contribution in [3.63, 3.8) is 0 Å². The Balaban J connectivity index is 2.01. The summed E-state index contributed by atoms with van der Waals surface area (Å²) in [6, 6.07) is 2.11. The van der Waals surface area contributed by atoms with Gasteiger partial charge in [0.1, 0.15) is 0 Å². The molecule has 1 atom stereocenters. The van der Waals surface area contributed by atoms with E-state index in [1.165, 1.54) is 5.56 Å². The molecule has 78 valence electrons. The lowest BCUT2D eigenvalue weighted by Gasteiger charge is -2.37. The summed E-state index contributed by atoms with van der Waals surface area (Å²) in [5, 5.41) is 14.6. The molecule has 0 radical (unpaired) electrons. The van der Waals surface area contributed by atoms with E-state index >= 15 is 0 Å². The number of β-amino-alcohol motifs (C(OH)–C–C–N with tert-alkyl or cyclic N) is 1. The largest absolute Gasteiger partial charge is 0.388 e. The van der Waals surface area contributed by atoms with Gasteiger partial charge in [-0.05, 0) is 48.8 Å². The Labute approximate surface area is 89.2 Å². The van der Waals surface area contributed by atoms with Gasteiger partial charge in [0.2, 0.25) is 0 Å². The number of likely N-dealkylation sites (N-methyl/N-ethyl adjacent to an activating group) is 1. The highest BCUT2D eigenvalue weighted by Crippen LogP contribution is 2.25. The quantitative estimate of drug-likeness (QED) is 0.805. The summed E-state index contributed by atoms with van der Waals surface area (Å²) in [4.78, 5) is 2.22. The van der Waals surface area contributed by atoms with Crippen molar-refractivity contribution in [2.75, 3.05) is 20.1 Å². The van der Waals surface area contributed by atoms with E-state index in [4.69, 9.17) is 0 Å². The van der Waals surface area contributed by atoms with E-state index < -0.39 is 5.60 Å². The van der Waals surface area contributed by atoms with Crippen LogP contribution in [0.5, 0.6) is 0 Å². The minimum absolute atomic E-state index is 0.492. The van der Waals surface area contributed by atoms with Crippen molar-refractivity contribution in [2.24, 2.45) is 0 Å². The lowest BCUT2D eigenvalue weighted by atomic mass is 9.88. The Morgan fingerprint density at radius 2 is 2.50 bits per heavy atom. The third kappa shape index (κ3) is 2.35. The van der Waals surface area contributed by atoms with Gasteiger partial charge in [-0.15, -0.1) is 0 Å². The van der Waals surface area contributed by atoms with Crippen LogP contribution in [0.1, 0.15) is 18.4 Å². The first kappa shape index (κ1) is 10.1. The summed E-state index contributed by atoms with van der Waals surface area (Å²) in [5.74, 6) is 0. The first-order valence-corrected chi connectivity index (χ1v) is 6.04. The summed E-state index contributed by atoms with van der Waals surface area (Å²) in [7, 11) is 2.08. The number of nitrogens with zero attached hydrogens (tertiary/aromatic N) is 1. The number of rotatable bonds is 2. The van der Waals surface area contributed by atoms with Crippen LogP contribution in [0.4, 0.5) is 0 Å². The van der Waals surface area contributed by atoms with Crippen molar-refractivity contribution in [3.05, 3.63) is 22.4 Å². The zero-order chi connectivity index (χ0) is 10.0. The molecule has 0 bridgehead atoms. The van der Waals surface area contributed by atoms with E-state index in [1.807, 2.05) is 0 Å². The van der Waals surface area contributed by atoms with Gasteiger partial charge in [-0.3, -0.25) is 0 Å². The van der Waals surface area contributed by atoms with Crippen LogP contribution < -0.4 is 0 Å². The molecule has 0 aromatic carbocycles. The lowest BCUT2D eigenvalue weighted by Crippen LogP contribution is -2.47. The second-order valence-electron chi connectivity index (χ2n) is 4.37. The standard InChI is InChI=1S/C11H17NOS/c1-12-5-2-4-11(13,9-12)7-10-3-6-14-8-10/h3,6,8,13H,2,4-5,7,9H2,1H3. The van der Waals surface area contributed by atoms with Crippen molar-refractivity contribution < 1.29 is 5.11 Å². The smallest absolute Gasteiger partial charge is 0.0814 e. The van der Waals surface area contributed by atoms with Gasteiger partial charge < -0.3 is 10.0 Å². The molecule has 3 heteroatoms. The summed E-state index contributed by atoms with van der Waals surface area (Å²) in [6.07, 6.45) is 2.85. The molecule has 0 spiro atoms. The SMILES string of the molecule is CN1CCCC(O)(Cc2ccsc2)C1. The summed E-state index contributed by atoms with van der Waals surface area (Å²) < 4.78 is 0. The maximum Gasteiger partial charge on any atom is 0.0814 e. The van der Waals surface area contributed by atoms with Crippen molar-refractivity contribution in [1.82, 2.24) is 4.90 Å². The molecule has 14 heavy (non-hydrogen) atoms. The maximum atomic E-state index is 10.4. The van der Waals surface area contributed by atoms with Crippen molar-refractivity contribution >= 4 is 11.3 Å². The predicted octanol–water partition coefficient (Wildman–Crippen LogP) is 1.75. The Hall–Kier alpha value is -0.380. The normalized spacial score (nSPS) is 29.3. The van der Waals surface area contributed by atoms with Gasteiger partial charge in [0.05, 0.1) is 5.60 Å². The lowest BCUT2D eigenvalue weighted by molar-refractivity contribution is -0.0223. The van der Waals surface area contributed by atoms with Crippen LogP contribution >= 0.6 is 11.3 Å². The van der Waals surface area contributed by atoms with Crippen LogP contribution in [0.15, 0.2) is 16.8 Å². The average Bonchev–Trinajstić information content (AvgIpc) is 2.55. The second-order valence-corrected chi connectivity index (χ2v) is 5.15. The van der Waals surface area contributed by atoms with E-state index in [0.29, 0.717) is 0 Å². The van der Waals surface area contributed by atoms with Gasteiger partial charge in [-0.25, -0.2) is 0 Å². The molecule has 1 aliphatic heterocycles. The fraction of sp³-hybridized carbons (Fsp3) is 0.636. The minimum atomic E-state index is -0.492. The van der Waals surface area contributed by atoms with Crippen LogP contribution in [0.3, 0.4) is 0 Å². The molecule has 0 amide bonds. The van der Waals surface area contributed by atoms with E-state index in [1.54, 1.807) is 11.3 Å². The minimum Gasteiger partial charge on any atom is -0.388 e. The number of likely N-dealkylation sites (tertiary alicyclic amines) is 1. The van der Waals surface area contributed by atoms with Crippen LogP contribution in [-0.2, 0) is 6.42 Å². The molecule has 0 aliphatic carbocycles. The Morgan fingerprint density at radius 1 is 1.64 bits per heavy atom. The molecule has 1 fully saturated rings. The first-order chi connectivity index (χ1) is 6.68. The second kappa shape index (κ2) is 4.01. The van der Waals surface area contributed by atoms with E-state index in [9.17, 15) is 5.11 Å². The molecule has 2 nitrogen and oxygen atoms in total. The average molecular weight is 211 g/mol. The molecule has 1 aromatic heterocycles. The van der Waals surface area contributed by atoms with Crippen molar-refractivity contribution in [2.45, 2.75) is 24.9 Å². The number of aliphatic hydroxyl groups is 1.